The maximum Gasteiger partial charge on any atom is 0.317 e. The summed E-state index contributed by atoms with van der Waals surface area (Å²) in [5.74, 6) is -0.313. The first-order valence-corrected chi connectivity index (χ1v) is 3.49. The zero-order valence-corrected chi connectivity index (χ0v) is 6.72. The molecule has 0 aliphatic carbocycles. The minimum absolute atomic E-state index is 0.0549. The highest BCUT2D eigenvalue weighted by molar-refractivity contribution is 5.69. The van der Waals surface area contributed by atoms with Crippen molar-refractivity contribution in [2.45, 2.75) is 26.8 Å². The fourth-order valence-electron chi connectivity index (χ4n) is 0.484. The van der Waals surface area contributed by atoms with Gasteiger partial charge >= 0.3 is 5.97 Å². The van der Waals surface area contributed by atoms with E-state index in [0.29, 0.717) is 5.92 Å². The topological polar surface area (TPSA) is 49.3 Å². The van der Waals surface area contributed by atoms with Crippen molar-refractivity contribution < 1.29 is 9.90 Å². The molecular weight excluding hydrogens is 130 g/mol. The van der Waals surface area contributed by atoms with Crippen LogP contribution in [0, 0.1) is 5.92 Å². The fourth-order valence-corrected chi connectivity index (χ4v) is 0.484. The van der Waals surface area contributed by atoms with Gasteiger partial charge in [0.05, 0.1) is 6.54 Å². The van der Waals surface area contributed by atoms with Crippen LogP contribution in [0.4, 0.5) is 0 Å². The second-order valence-electron chi connectivity index (χ2n) is 2.81. The molecule has 0 saturated heterocycles. The van der Waals surface area contributed by atoms with Crippen molar-refractivity contribution in [1.82, 2.24) is 5.32 Å². The fraction of sp³-hybridized carbons (Fsp3) is 0.857. The third kappa shape index (κ3) is 4.32. The van der Waals surface area contributed by atoms with E-state index in [2.05, 4.69) is 19.2 Å². The highest BCUT2D eigenvalue weighted by atomic mass is 16.4. The van der Waals surface area contributed by atoms with Crippen LogP contribution in [0.1, 0.15) is 20.8 Å². The van der Waals surface area contributed by atoms with Crippen LogP contribution in [0.25, 0.3) is 0 Å². The van der Waals surface area contributed by atoms with Crippen LogP contribution < -0.4 is 5.32 Å². The van der Waals surface area contributed by atoms with E-state index < -0.39 is 5.97 Å². The largest absolute Gasteiger partial charge is 0.480 e. The highest BCUT2D eigenvalue weighted by Gasteiger charge is 2.06. The van der Waals surface area contributed by atoms with Crippen molar-refractivity contribution in [3.05, 3.63) is 0 Å². The van der Waals surface area contributed by atoms with Gasteiger partial charge in [-0.3, -0.25) is 4.79 Å². The van der Waals surface area contributed by atoms with E-state index in [1.807, 2.05) is 6.92 Å². The second kappa shape index (κ2) is 4.28. The molecule has 0 bridgehead atoms. The van der Waals surface area contributed by atoms with E-state index in [0.717, 1.165) is 0 Å². The van der Waals surface area contributed by atoms with Crippen LogP contribution >= 0.6 is 0 Å². The summed E-state index contributed by atoms with van der Waals surface area (Å²) in [6.07, 6.45) is 0. The molecular formula is C7H15NO2. The van der Waals surface area contributed by atoms with Crippen molar-refractivity contribution in [1.29, 1.82) is 0 Å². The number of hydrogen-bond acceptors (Lipinski definition) is 2. The molecule has 0 aliphatic rings. The number of aliphatic carboxylic acids is 1. The summed E-state index contributed by atoms with van der Waals surface area (Å²) >= 11 is 0. The Hall–Kier alpha value is -0.570. The Morgan fingerprint density at radius 3 is 2.30 bits per heavy atom. The zero-order chi connectivity index (χ0) is 8.15. The number of carboxylic acid groups (broad SMARTS) is 1. The van der Waals surface area contributed by atoms with Gasteiger partial charge in [0.1, 0.15) is 0 Å². The van der Waals surface area contributed by atoms with Crippen molar-refractivity contribution in [3.8, 4) is 0 Å². The van der Waals surface area contributed by atoms with Gasteiger partial charge in [-0.1, -0.05) is 13.8 Å². The molecule has 0 unspecified atom stereocenters. The number of hydrogen-bond donors (Lipinski definition) is 2. The molecule has 10 heavy (non-hydrogen) atoms. The van der Waals surface area contributed by atoms with Gasteiger partial charge in [-0.15, -0.1) is 0 Å². The lowest BCUT2D eigenvalue weighted by atomic mass is 10.1. The van der Waals surface area contributed by atoms with Crippen molar-refractivity contribution in [3.63, 3.8) is 0 Å². The van der Waals surface area contributed by atoms with Gasteiger partial charge in [-0.25, -0.2) is 0 Å². The van der Waals surface area contributed by atoms with Gasteiger partial charge in [-0.2, -0.15) is 0 Å². The van der Waals surface area contributed by atoms with Crippen molar-refractivity contribution >= 4 is 5.97 Å². The first-order valence-electron chi connectivity index (χ1n) is 3.49. The van der Waals surface area contributed by atoms with E-state index in [1.54, 1.807) is 0 Å². The van der Waals surface area contributed by atoms with Crippen LogP contribution in [0.5, 0.6) is 0 Å². The minimum Gasteiger partial charge on any atom is -0.480 e. The Balaban J connectivity index is 3.39. The molecule has 0 fully saturated rings. The van der Waals surface area contributed by atoms with Gasteiger partial charge in [0.15, 0.2) is 0 Å². The molecule has 0 rings (SSSR count). The molecule has 0 aromatic carbocycles. The number of carbonyl (C=O) groups is 1. The molecule has 60 valence electrons. The molecule has 2 N–H and O–H groups in total. The Kier molecular flexibility index (Phi) is 4.03. The third-order valence-electron chi connectivity index (χ3n) is 1.58. The quantitative estimate of drug-likeness (QED) is 0.612. The summed E-state index contributed by atoms with van der Waals surface area (Å²) in [4.78, 5) is 10.1. The molecule has 3 heteroatoms. The van der Waals surface area contributed by atoms with Crippen molar-refractivity contribution in [2.24, 2.45) is 5.92 Å². The van der Waals surface area contributed by atoms with Crippen LogP contribution in [0.3, 0.4) is 0 Å². The van der Waals surface area contributed by atoms with Crippen LogP contribution in [-0.2, 0) is 4.79 Å². The number of carboxylic acids is 1. The summed E-state index contributed by atoms with van der Waals surface area (Å²) in [6.45, 7) is 6.14. The van der Waals surface area contributed by atoms with E-state index >= 15 is 0 Å². The maximum absolute atomic E-state index is 10.1. The molecule has 0 aromatic heterocycles. The SMILES string of the molecule is CC(C)[C@H](C)NCC(=O)O. The standard InChI is InChI=1S/C7H15NO2/c1-5(2)6(3)8-4-7(9)10/h5-6,8H,4H2,1-3H3,(H,9,10)/t6-/m0/s1. The average Bonchev–Trinajstić information content (AvgIpc) is 1.82. The lowest BCUT2D eigenvalue weighted by molar-refractivity contribution is -0.136. The van der Waals surface area contributed by atoms with E-state index in [4.69, 9.17) is 5.11 Å². The smallest absolute Gasteiger partial charge is 0.317 e. The summed E-state index contributed by atoms with van der Waals surface area (Å²) in [6, 6.07) is 0.274. The lowest BCUT2D eigenvalue weighted by Crippen LogP contribution is -2.34. The van der Waals surface area contributed by atoms with Crippen LogP contribution in [0.2, 0.25) is 0 Å². The maximum atomic E-state index is 10.1. The molecule has 0 aromatic rings. The summed E-state index contributed by atoms with van der Waals surface area (Å²) in [5.41, 5.74) is 0. The summed E-state index contributed by atoms with van der Waals surface area (Å²) in [5, 5.41) is 11.2. The zero-order valence-electron chi connectivity index (χ0n) is 6.72. The number of rotatable bonds is 4. The minimum atomic E-state index is -0.799. The van der Waals surface area contributed by atoms with Crippen molar-refractivity contribution in [2.75, 3.05) is 6.54 Å². The van der Waals surface area contributed by atoms with Crippen LogP contribution in [0.15, 0.2) is 0 Å². The van der Waals surface area contributed by atoms with Gasteiger partial charge in [0.25, 0.3) is 0 Å². The lowest BCUT2D eigenvalue weighted by Gasteiger charge is -2.15. The third-order valence-corrected chi connectivity index (χ3v) is 1.58. The van der Waals surface area contributed by atoms with Gasteiger partial charge in [-0.05, 0) is 12.8 Å². The normalized spacial score (nSPS) is 13.6. The Labute approximate surface area is 61.4 Å². The molecule has 3 nitrogen and oxygen atoms in total. The second-order valence-corrected chi connectivity index (χ2v) is 2.81. The predicted molar refractivity (Wildman–Crippen MR) is 39.9 cm³/mol. The van der Waals surface area contributed by atoms with Crippen LogP contribution in [-0.4, -0.2) is 23.7 Å². The molecule has 0 heterocycles. The molecule has 0 spiro atoms. The highest BCUT2D eigenvalue weighted by Crippen LogP contribution is 1.98. The Morgan fingerprint density at radius 2 is 2.00 bits per heavy atom. The van der Waals surface area contributed by atoms with E-state index in [-0.39, 0.29) is 12.6 Å². The molecule has 0 radical (unpaired) electrons. The summed E-state index contributed by atoms with van der Waals surface area (Å²) in [7, 11) is 0. The summed E-state index contributed by atoms with van der Waals surface area (Å²) < 4.78 is 0. The van der Waals surface area contributed by atoms with E-state index in [9.17, 15) is 4.79 Å². The first-order chi connectivity index (χ1) is 4.54. The Morgan fingerprint density at radius 1 is 1.50 bits per heavy atom. The predicted octanol–water partition coefficient (Wildman–Crippen LogP) is 0.705. The van der Waals surface area contributed by atoms with Gasteiger partial charge in [0, 0.05) is 6.04 Å². The average molecular weight is 145 g/mol. The van der Waals surface area contributed by atoms with Gasteiger partial charge < -0.3 is 10.4 Å². The molecule has 0 aliphatic heterocycles. The Bertz CT molecular complexity index is 112. The monoisotopic (exact) mass is 145 g/mol. The first kappa shape index (κ1) is 9.43. The van der Waals surface area contributed by atoms with E-state index in [1.165, 1.54) is 0 Å². The molecule has 0 saturated carbocycles. The molecule has 1 atom stereocenters. The number of nitrogens with one attached hydrogen (secondary N) is 1. The van der Waals surface area contributed by atoms with Gasteiger partial charge in [0.2, 0.25) is 0 Å². The molecule has 0 amide bonds.